The highest BCUT2D eigenvalue weighted by Crippen LogP contribution is 2.60. The summed E-state index contributed by atoms with van der Waals surface area (Å²) < 4.78 is 54.4. The molecule has 3 aromatic heterocycles. The van der Waals surface area contributed by atoms with Crippen LogP contribution in [0.2, 0.25) is 40.2 Å². The van der Waals surface area contributed by atoms with Crippen molar-refractivity contribution in [1.82, 2.24) is 39.9 Å². The molecule has 8 bridgehead atoms. The van der Waals surface area contributed by atoms with Crippen molar-refractivity contribution in [3.8, 4) is 138 Å². The highest BCUT2D eigenvalue weighted by atomic mass is 35.5. The summed E-state index contributed by atoms with van der Waals surface area (Å²) in [5.41, 5.74) is 0.460. The first kappa shape index (κ1) is 66.0. The number of para-hydroxylation sites is 8. The Labute approximate surface area is 630 Å². The molecule has 17 rings (SSSR count). The number of hydrogen-bond acceptors (Lipinski definition) is 14. The van der Waals surface area contributed by atoms with Gasteiger partial charge in [-0.25, -0.2) is 29.9 Å². The van der Waals surface area contributed by atoms with Gasteiger partial charge in [0.05, 0.1) is 63.9 Å². The molecule has 12 aromatic carbocycles. The fraction of sp³-hybridized carbons (Fsp3) is 0. The maximum Gasteiger partial charge on any atom is 0.169 e. The van der Waals surface area contributed by atoms with Crippen LogP contribution in [0, 0.1) is 0 Å². The van der Waals surface area contributed by atoms with Gasteiger partial charge in [0.25, 0.3) is 0 Å². The van der Waals surface area contributed by atoms with Crippen molar-refractivity contribution in [1.29, 1.82) is 0 Å². The van der Waals surface area contributed by atoms with E-state index in [-0.39, 0.29) is 176 Å². The molecule has 5 heterocycles. The van der Waals surface area contributed by atoms with Crippen molar-refractivity contribution in [3.05, 3.63) is 283 Å². The van der Waals surface area contributed by atoms with E-state index in [4.69, 9.17) is 161 Å². The second-order valence-corrected chi connectivity index (χ2v) is 26.1. The molecule has 0 spiro atoms. The highest BCUT2D eigenvalue weighted by Gasteiger charge is 2.38. The van der Waals surface area contributed by atoms with E-state index in [1.54, 1.807) is 194 Å². The summed E-state index contributed by atoms with van der Waals surface area (Å²) >= 11 is 62.2. The van der Waals surface area contributed by atoms with Crippen LogP contribution in [0.1, 0.15) is 0 Å². The fourth-order valence-electron chi connectivity index (χ4n) is 11.9. The summed E-state index contributed by atoms with van der Waals surface area (Å²) in [5, 5.41) is 0.0625. The summed E-state index contributed by atoms with van der Waals surface area (Å²) in [4.78, 5) is 39.5. The minimum atomic E-state index is -0.0982. The Balaban J connectivity index is 1.09. The molecule has 0 unspecified atom stereocenters. The number of fused-ring (bicyclic) bond motifs is 20. The van der Waals surface area contributed by atoms with Crippen molar-refractivity contribution in [2.24, 2.45) is 0 Å². The third kappa shape index (κ3) is 12.2. The molecule has 0 radical (unpaired) electrons. The van der Waals surface area contributed by atoms with Gasteiger partial charge in [0, 0.05) is 0 Å². The largest absolute Gasteiger partial charge is 0.455 e. The van der Waals surface area contributed by atoms with Gasteiger partial charge in [-0.2, -0.15) is 0 Å². The summed E-state index contributed by atoms with van der Waals surface area (Å²) in [6, 6.07) is 71.5. The molecule has 0 aliphatic carbocycles. The summed E-state index contributed by atoms with van der Waals surface area (Å²) in [6.07, 6.45) is 0. The van der Waals surface area contributed by atoms with E-state index in [1.165, 1.54) is 0 Å². The maximum atomic E-state index is 7.87. The quantitative estimate of drug-likeness (QED) is 0.0932. The molecule has 24 heteroatoms. The minimum absolute atomic E-state index is 0.00567. The predicted octanol–water partition coefficient (Wildman–Crippen LogP) is 26.4. The van der Waals surface area contributed by atoms with Crippen LogP contribution in [0.15, 0.2) is 243 Å². The second-order valence-electron chi connectivity index (χ2n) is 23.1. The lowest BCUT2D eigenvalue weighted by Crippen LogP contribution is -1.96. The molecular formula is C80H42Cl8N8O8. The van der Waals surface area contributed by atoms with Crippen molar-refractivity contribution >= 4 is 137 Å². The van der Waals surface area contributed by atoms with E-state index in [0.29, 0.717) is 46.0 Å². The van der Waals surface area contributed by atoms with Crippen molar-refractivity contribution in [2.45, 2.75) is 0 Å². The van der Waals surface area contributed by atoms with Gasteiger partial charge in [0.15, 0.2) is 69.3 Å². The smallest absolute Gasteiger partial charge is 0.169 e. The molecule has 0 saturated heterocycles. The molecular weight excluding hydrogens is 1480 g/mol. The maximum absolute atomic E-state index is 7.87. The molecule has 2 aliphatic heterocycles. The molecule has 16 nitrogen and oxygen atoms in total. The lowest BCUT2D eigenvalue weighted by Gasteiger charge is -2.18. The number of H-pyrrole nitrogens is 2. The van der Waals surface area contributed by atoms with Crippen LogP contribution in [0.3, 0.4) is 0 Å². The Hall–Kier alpha value is -11.3. The topological polar surface area (TPSA) is 183 Å². The Morgan fingerprint density at radius 2 is 0.375 bits per heavy atom. The van der Waals surface area contributed by atoms with E-state index >= 15 is 0 Å². The van der Waals surface area contributed by atoms with Gasteiger partial charge in [-0.05, 0) is 97.1 Å². The zero-order valence-corrected chi connectivity index (χ0v) is 59.1. The molecule has 0 fully saturated rings. The van der Waals surface area contributed by atoms with Crippen LogP contribution in [0.5, 0.6) is 92.0 Å². The van der Waals surface area contributed by atoms with Crippen molar-refractivity contribution < 1.29 is 37.9 Å². The average Bonchev–Trinajstić information content (AvgIpc) is 1.56. The van der Waals surface area contributed by atoms with Gasteiger partial charge in [-0.1, -0.05) is 238 Å². The summed E-state index contributed by atoms with van der Waals surface area (Å²) in [6.45, 7) is 0. The highest BCUT2D eigenvalue weighted by molar-refractivity contribution is 6.46. The van der Waals surface area contributed by atoms with E-state index in [9.17, 15) is 0 Å². The zero-order chi connectivity index (χ0) is 70.7. The van der Waals surface area contributed by atoms with Gasteiger partial charge in [0.1, 0.15) is 88.7 Å². The van der Waals surface area contributed by atoms with Crippen LogP contribution in [0.25, 0.3) is 89.7 Å². The third-order valence-electron chi connectivity index (χ3n) is 16.5. The lowest BCUT2D eigenvalue weighted by molar-refractivity contribution is 0.462. The molecule has 15 aromatic rings. The van der Waals surface area contributed by atoms with Gasteiger partial charge in [-0.3, -0.25) is 0 Å². The number of nitrogens with one attached hydrogen (secondary N) is 2. The van der Waals surface area contributed by atoms with Crippen molar-refractivity contribution in [3.63, 3.8) is 0 Å². The first-order valence-corrected chi connectivity index (χ1v) is 34.8. The number of nitrogens with zero attached hydrogens (tertiary/aromatic N) is 6. The molecule has 104 heavy (non-hydrogen) atoms. The number of ether oxygens (including phenoxy) is 8. The van der Waals surface area contributed by atoms with Crippen LogP contribution >= 0.6 is 92.8 Å². The molecule has 0 saturated carbocycles. The van der Waals surface area contributed by atoms with Gasteiger partial charge < -0.3 is 47.9 Å². The number of hydrogen-bond donors (Lipinski definition) is 2. The molecule has 0 atom stereocenters. The Morgan fingerprint density at radius 1 is 0.183 bits per heavy atom. The number of benzene rings is 12. The SMILES string of the molecule is Clc1c(Oc2ccccc2)c(Cl)c2c(c1Oc1ccccc1)-c1nc-2nc2[nH]c(nc3nc(nc4[nH]c(n1)c1c(Cl)c(Oc5ccccc5)c(Cl)c(Oc5ccccc5)c41)-c1c(Cl)c(Oc4ccccc4)c(Cl)c(Oc4ccccc4)c1-3)c1c(Cl)c(Oc3ccccc3)c(Cl)c(Oc3ccccc3)c21. The molecule has 506 valence electrons. The first-order chi connectivity index (χ1) is 50.9. The predicted molar refractivity (Wildman–Crippen MR) is 408 cm³/mol. The number of halogens is 8. The normalized spacial score (nSPS) is 11.5. The minimum Gasteiger partial charge on any atom is -0.455 e. The Kier molecular flexibility index (Phi) is 17.7. The van der Waals surface area contributed by atoms with E-state index in [1.807, 2.05) is 48.5 Å². The Morgan fingerprint density at radius 3 is 0.625 bits per heavy atom. The number of aromatic amines is 2. The van der Waals surface area contributed by atoms with Crippen molar-refractivity contribution in [2.75, 3.05) is 0 Å². The van der Waals surface area contributed by atoms with Crippen LogP contribution in [0.4, 0.5) is 0 Å². The van der Waals surface area contributed by atoms with E-state index < -0.39 is 0 Å². The van der Waals surface area contributed by atoms with Crippen LogP contribution in [-0.2, 0) is 0 Å². The lowest BCUT2D eigenvalue weighted by atomic mass is 10.1. The van der Waals surface area contributed by atoms with Crippen LogP contribution in [-0.4, -0.2) is 39.9 Å². The van der Waals surface area contributed by atoms with E-state index in [2.05, 4.69) is 9.97 Å². The van der Waals surface area contributed by atoms with Crippen LogP contribution < -0.4 is 37.9 Å². The first-order valence-electron chi connectivity index (χ1n) is 31.7. The zero-order valence-electron chi connectivity index (χ0n) is 53.1. The van der Waals surface area contributed by atoms with Gasteiger partial charge >= 0.3 is 0 Å². The van der Waals surface area contributed by atoms with Gasteiger partial charge in [0.2, 0.25) is 0 Å². The average molecular weight is 1530 g/mol. The number of rotatable bonds is 16. The second kappa shape index (κ2) is 27.8. The standard InChI is InChI=1S/C80H42Cl8N8O8/c81-57-49-53(65(97-41-25-9-1-10-26-41)61(85)69(57)101-45-33-17-5-18-34-45)77-89-73(49)94-78-55-51(59(83)71(103-47-37-21-7-22-38-47)63(87)67(55)99-43-29-13-3-14-30-43)75(91-78)96-80-56-52(60(84)72(104-48-39-23-8-24-40-48)64(88)68(56)100-44-31-15-4-16-32-44)76(92-80)95-79-54-50(74(90-79)93-77)58(82)70(102-46-35-19-6-20-36-46)62(86)66(54)98-42-27-11-2-12-28-42/h1-40H,(H2,89,90,91,92,93,94,95,96). The monoisotopic (exact) mass is 1520 g/mol. The molecule has 2 aliphatic rings. The number of aromatic nitrogens is 8. The Bertz CT molecular complexity index is 5710. The summed E-state index contributed by atoms with van der Waals surface area (Å²) in [7, 11) is 0. The van der Waals surface area contributed by atoms with Gasteiger partial charge in [-0.15, -0.1) is 0 Å². The van der Waals surface area contributed by atoms with E-state index in [0.717, 1.165) is 0 Å². The summed E-state index contributed by atoms with van der Waals surface area (Å²) in [5.74, 6) is 2.42. The molecule has 2 N–H and O–H groups in total. The third-order valence-corrected chi connectivity index (χ3v) is 19.3. The fourth-order valence-corrected chi connectivity index (χ4v) is 14.4. The molecule has 0 amide bonds.